The van der Waals surface area contributed by atoms with Crippen molar-refractivity contribution in [3.8, 4) is 0 Å². The number of anilines is 1. The molecule has 2 atom stereocenters. The van der Waals surface area contributed by atoms with Crippen molar-refractivity contribution in [1.29, 1.82) is 0 Å². The van der Waals surface area contributed by atoms with Gasteiger partial charge < -0.3 is 11.1 Å². The molecule has 6 heteroatoms. The summed E-state index contributed by atoms with van der Waals surface area (Å²) in [5.41, 5.74) is 6.95. The van der Waals surface area contributed by atoms with Crippen LogP contribution in [-0.4, -0.2) is 34.9 Å². The smallest absolute Gasteiger partial charge is 0.223 e. The van der Waals surface area contributed by atoms with E-state index in [1.165, 1.54) is 24.7 Å². The zero-order valence-electron chi connectivity index (χ0n) is 10.8. The molecule has 1 aromatic rings. The summed E-state index contributed by atoms with van der Waals surface area (Å²) < 4.78 is 0. The van der Waals surface area contributed by atoms with Crippen LogP contribution in [0, 0.1) is 5.92 Å². The Kier molecular flexibility index (Phi) is 4.31. The molecule has 1 saturated heterocycles. The number of carbonyl (C=O) groups is 1. The van der Waals surface area contributed by atoms with Crippen molar-refractivity contribution < 1.29 is 4.79 Å². The van der Waals surface area contributed by atoms with Gasteiger partial charge in [-0.25, -0.2) is 4.98 Å². The first-order valence-corrected chi connectivity index (χ1v) is 7.12. The average Bonchev–Trinajstić information content (AvgIpc) is 2.88. The molecule has 2 heterocycles. The first-order chi connectivity index (χ1) is 8.54. The van der Waals surface area contributed by atoms with Crippen molar-refractivity contribution in [3.63, 3.8) is 0 Å². The molecule has 0 aliphatic carbocycles. The summed E-state index contributed by atoms with van der Waals surface area (Å²) in [7, 11) is 0. The molecule has 2 unspecified atom stereocenters. The Morgan fingerprint density at radius 3 is 3.17 bits per heavy atom. The quantitative estimate of drug-likeness (QED) is 0.862. The lowest BCUT2D eigenvalue weighted by Crippen LogP contribution is -2.29. The number of carbonyl (C=O) groups excluding carboxylic acids is 1. The van der Waals surface area contributed by atoms with Gasteiger partial charge in [-0.1, -0.05) is 0 Å². The summed E-state index contributed by atoms with van der Waals surface area (Å²) in [5, 5.41) is 5.39. The van der Waals surface area contributed by atoms with Crippen molar-refractivity contribution in [3.05, 3.63) is 11.1 Å². The predicted octanol–water partition coefficient (Wildman–Crippen LogP) is 1.27. The second kappa shape index (κ2) is 5.77. The van der Waals surface area contributed by atoms with E-state index in [9.17, 15) is 4.79 Å². The van der Waals surface area contributed by atoms with E-state index in [1.807, 2.05) is 5.38 Å². The lowest BCUT2D eigenvalue weighted by atomic mass is 10.0. The molecule has 0 spiro atoms. The number of amides is 1. The molecule has 2 rings (SSSR count). The monoisotopic (exact) mass is 268 g/mol. The number of nitrogens with zero attached hydrogens (tertiary/aromatic N) is 2. The van der Waals surface area contributed by atoms with Gasteiger partial charge in [-0.05, 0) is 25.8 Å². The number of hydrogen-bond donors (Lipinski definition) is 2. The van der Waals surface area contributed by atoms with E-state index >= 15 is 0 Å². The highest BCUT2D eigenvalue weighted by molar-refractivity contribution is 7.13. The van der Waals surface area contributed by atoms with Crippen molar-refractivity contribution >= 4 is 22.4 Å². The SMILES string of the molecule is CC(=O)Nc1nc(CN2CCC(C(C)N)C2)cs1. The fourth-order valence-electron chi connectivity index (χ4n) is 2.25. The zero-order valence-corrected chi connectivity index (χ0v) is 11.7. The Morgan fingerprint density at radius 2 is 2.56 bits per heavy atom. The third kappa shape index (κ3) is 3.51. The second-order valence-corrected chi connectivity index (χ2v) is 5.83. The van der Waals surface area contributed by atoms with Gasteiger partial charge in [-0.3, -0.25) is 9.69 Å². The van der Waals surface area contributed by atoms with Crippen LogP contribution in [0.2, 0.25) is 0 Å². The van der Waals surface area contributed by atoms with Crippen LogP contribution in [-0.2, 0) is 11.3 Å². The maximum Gasteiger partial charge on any atom is 0.223 e. The molecule has 0 aromatic carbocycles. The molecule has 1 aromatic heterocycles. The van der Waals surface area contributed by atoms with Crippen LogP contribution in [0.15, 0.2) is 5.38 Å². The highest BCUT2D eigenvalue weighted by atomic mass is 32.1. The molecule has 1 aliphatic rings. The van der Waals surface area contributed by atoms with Crippen molar-refractivity contribution in [2.75, 3.05) is 18.4 Å². The molecule has 18 heavy (non-hydrogen) atoms. The van der Waals surface area contributed by atoms with Crippen molar-refractivity contribution in [1.82, 2.24) is 9.88 Å². The Balaban J connectivity index is 1.87. The number of nitrogens with two attached hydrogens (primary N) is 1. The van der Waals surface area contributed by atoms with Gasteiger partial charge in [0, 0.05) is 31.4 Å². The van der Waals surface area contributed by atoms with Crippen molar-refractivity contribution in [2.45, 2.75) is 32.9 Å². The second-order valence-electron chi connectivity index (χ2n) is 4.97. The van der Waals surface area contributed by atoms with E-state index in [4.69, 9.17) is 5.73 Å². The lowest BCUT2D eigenvalue weighted by Gasteiger charge is -2.16. The standard InChI is InChI=1S/C12H20N4OS/c1-8(13)10-3-4-16(5-10)6-11-7-18-12(15-11)14-9(2)17/h7-8,10H,3-6,13H2,1-2H3,(H,14,15,17). The molecule has 1 fully saturated rings. The largest absolute Gasteiger partial charge is 0.328 e. The molecular weight excluding hydrogens is 248 g/mol. The molecule has 0 radical (unpaired) electrons. The van der Waals surface area contributed by atoms with Gasteiger partial charge in [0.25, 0.3) is 0 Å². The zero-order chi connectivity index (χ0) is 13.1. The summed E-state index contributed by atoms with van der Waals surface area (Å²) in [5.74, 6) is 0.521. The van der Waals surface area contributed by atoms with Crippen LogP contribution in [0.1, 0.15) is 26.0 Å². The molecule has 1 amide bonds. The van der Waals surface area contributed by atoms with Gasteiger partial charge in [0.15, 0.2) is 5.13 Å². The minimum absolute atomic E-state index is 0.0749. The average molecular weight is 268 g/mol. The van der Waals surface area contributed by atoms with E-state index < -0.39 is 0 Å². The molecule has 3 N–H and O–H groups in total. The Hall–Kier alpha value is -0.980. The van der Waals surface area contributed by atoms with Crippen molar-refractivity contribution in [2.24, 2.45) is 11.7 Å². The third-order valence-electron chi connectivity index (χ3n) is 3.27. The fourth-order valence-corrected chi connectivity index (χ4v) is 3.00. The topological polar surface area (TPSA) is 71.2 Å². The van der Waals surface area contributed by atoms with Gasteiger partial charge in [-0.2, -0.15) is 0 Å². The first kappa shape index (κ1) is 13.5. The predicted molar refractivity (Wildman–Crippen MR) is 73.5 cm³/mol. The Bertz CT molecular complexity index is 418. The van der Waals surface area contributed by atoms with Crippen LogP contribution < -0.4 is 11.1 Å². The summed E-state index contributed by atoms with van der Waals surface area (Å²) >= 11 is 1.47. The molecule has 100 valence electrons. The lowest BCUT2D eigenvalue weighted by molar-refractivity contribution is -0.114. The summed E-state index contributed by atoms with van der Waals surface area (Å²) in [4.78, 5) is 17.7. The number of hydrogen-bond acceptors (Lipinski definition) is 5. The van der Waals surface area contributed by atoms with E-state index in [-0.39, 0.29) is 11.9 Å². The normalized spacial score (nSPS) is 22.1. The maximum absolute atomic E-state index is 10.9. The van der Waals surface area contributed by atoms with E-state index in [0.29, 0.717) is 11.0 Å². The van der Waals surface area contributed by atoms with Gasteiger partial charge in [0.05, 0.1) is 5.69 Å². The summed E-state index contributed by atoms with van der Waals surface area (Å²) in [6, 6.07) is 0.264. The van der Waals surface area contributed by atoms with Crippen LogP contribution >= 0.6 is 11.3 Å². The van der Waals surface area contributed by atoms with Gasteiger partial charge in [0.1, 0.15) is 0 Å². The van der Waals surface area contributed by atoms with Crippen LogP contribution in [0.5, 0.6) is 0 Å². The van der Waals surface area contributed by atoms with E-state index in [0.717, 1.165) is 25.3 Å². The molecule has 1 aliphatic heterocycles. The van der Waals surface area contributed by atoms with E-state index in [2.05, 4.69) is 22.1 Å². The van der Waals surface area contributed by atoms with Gasteiger partial charge in [-0.15, -0.1) is 11.3 Å². The number of aromatic nitrogens is 1. The molecule has 5 nitrogen and oxygen atoms in total. The van der Waals surface area contributed by atoms with Crippen LogP contribution in [0.3, 0.4) is 0 Å². The van der Waals surface area contributed by atoms with E-state index in [1.54, 1.807) is 0 Å². The highest BCUT2D eigenvalue weighted by Crippen LogP contribution is 2.22. The van der Waals surface area contributed by atoms with Gasteiger partial charge >= 0.3 is 0 Å². The number of thiazole rings is 1. The number of rotatable bonds is 4. The molecule has 0 saturated carbocycles. The fraction of sp³-hybridized carbons (Fsp3) is 0.667. The van der Waals surface area contributed by atoms with Crippen LogP contribution in [0.25, 0.3) is 0 Å². The number of nitrogens with one attached hydrogen (secondary N) is 1. The summed E-state index contributed by atoms with van der Waals surface area (Å²) in [6.45, 7) is 6.55. The minimum atomic E-state index is -0.0749. The Labute approximate surface area is 111 Å². The molecule has 0 bridgehead atoms. The molecular formula is C12H20N4OS. The van der Waals surface area contributed by atoms with Gasteiger partial charge in [0.2, 0.25) is 5.91 Å². The third-order valence-corrected chi connectivity index (χ3v) is 4.08. The highest BCUT2D eigenvalue weighted by Gasteiger charge is 2.25. The Morgan fingerprint density at radius 1 is 1.78 bits per heavy atom. The van der Waals surface area contributed by atoms with Crippen LogP contribution in [0.4, 0.5) is 5.13 Å². The maximum atomic E-state index is 10.9. The number of likely N-dealkylation sites (tertiary alicyclic amines) is 1. The first-order valence-electron chi connectivity index (χ1n) is 6.24. The summed E-state index contributed by atoms with van der Waals surface area (Å²) in [6.07, 6.45) is 1.17. The minimum Gasteiger partial charge on any atom is -0.328 e.